The summed E-state index contributed by atoms with van der Waals surface area (Å²) in [7, 11) is 2.14. The summed E-state index contributed by atoms with van der Waals surface area (Å²) in [6, 6.07) is 17.1. The van der Waals surface area contributed by atoms with Gasteiger partial charge in [0.2, 0.25) is 0 Å². The number of aryl methyl sites for hydroxylation is 2. The van der Waals surface area contributed by atoms with Gasteiger partial charge in [-0.3, -0.25) is 10.00 Å². The predicted octanol–water partition coefficient (Wildman–Crippen LogP) is 4.33. The summed E-state index contributed by atoms with van der Waals surface area (Å²) in [6.45, 7) is 6.09. The fraction of sp³-hybridized carbons (Fsp3) is 0.250. The predicted molar refractivity (Wildman–Crippen MR) is 95.1 cm³/mol. The van der Waals surface area contributed by atoms with E-state index in [0.717, 1.165) is 18.8 Å². The molecule has 0 radical (unpaired) electrons. The highest BCUT2D eigenvalue weighted by molar-refractivity contribution is 5.64. The quantitative estimate of drug-likeness (QED) is 0.761. The first-order chi connectivity index (χ1) is 11.1. The molecule has 3 nitrogen and oxygen atoms in total. The average Bonchev–Trinajstić information content (AvgIpc) is 2.99. The fourth-order valence-electron chi connectivity index (χ4n) is 2.82. The van der Waals surface area contributed by atoms with Crippen LogP contribution in [0.4, 0.5) is 0 Å². The molecule has 2 aromatic carbocycles. The summed E-state index contributed by atoms with van der Waals surface area (Å²) < 4.78 is 0. The van der Waals surface area contributed by atoms with Crippen molar-refractivity contribution < 1.29 is 0 Å². The third-order valence-electron chi connectivity index (χ3n) is 4.25. The van der Waals surface area contributed by atoms with Crippen molar-refractivity contribution in [3.63, 3.8) is 0 Å². The lowest BCUT2D eigenvalue weighted by atomic mass is 10.0. The fourth-order valence-corrected chi connectivity index (χ4v) is 2.82. The van der Waals surface area contributed by atoms with E-state index < -0.39 is 0 Å². The minimum absolute atomic E-state index is 0.869. The standard InChI is InChI=1S/C20H23N3/c1-15-9-10-18(11-16(15)2)20-19(12-21-22-20)14-23(3)13-17-7-5-4-6-8-17/h4-12H,13-14H2,1-3H3,(H,21,22). The van der Waals surface area contributed by atoms with Crippen molar-refractivity contribution in [3.8, 4) is 11.3 Å². The van der Waals surface area contributed by atoms with Crippen LogP contribution in [0.1, 0.15) is 22.3 Å². The number of H-pyrrole nitrogens is 1. The Morgan fingerprint density at radius 3 is 2.48 bits per heavy atom. The summed E-state index contributed by atoms with van der Waals surface area (Å²) in [4.78, 5) is 2.31. The molecule has 0 saturated heterocycles. The van der Waals surface area contributed by atoms with E-state index in [-0.39, 0.29) is 0 Å². The Morgan fingerprint density at radius 2 is 1.74 bits per heavy atom. The molecule has 0 amide bonds. The van der Waals surface area contributed by atoms with E-state index in [1.165, 1.54) is 27.8 Å². The Bertz CT molecular complexity index is 775. The molecule has 0 aliphatic heterocycles. The third-order valence-corrected chi connectivity index (χ3v) is 4.25. The van der Waals surface area contributed by atoms with Crippen LogP contribution < -0.4 is 0 Å². The van der Waals surface area contributed by atoms with Gasteiger partial charge in [0, 0.05) is 24.2 Å². The Kier molecular flexibility index (Phi) is 4.58. The number of aromatic nitrogens is 2. The van der Waals surface area contributed by atoms with E-state index in [4.69, 9.17) is 0 Å². The zero-order valence-electron chi connectivity index (χ0n) is 14.0. The van der Waals surface area contributed by atoms with E-state index >= 15 is 0 Å². The monoisotopic (exact) mass is 305 g/mol. The van der Waals surface area contributed by atoms with Crippen LogP contribution in [0.2, 0.25) is 0 Å². The van der Waals surface area contributed by atoms with Crippen LogP contribution in [0.5, 0.6) is 0 Å². The molecular weight excluding hydrogens is 282 g/mol. The van der Waals surface area contributed by atoms with Crippen molar-refractivity contribution in [2.75, 3.05) is 7.05 Å². The number of rotatable bonds is 5. The third kappa shape index (κ3) is 3.69. The zero-order chi connectivity index (χ0) is 16.2. The number of hydrogen-bond acceptors (Lipinski definition) is 2. The molecule has 0 saturated carbocycles. The maximum absolute atomic E-state index is 4.26. The molecule has 118 valence electrons. The highest BCUT2D eigenvalue weighted by atomic mass is 15.1. The van der Waals surface area contributed by atoms with Crippen molar-refractivity contribution in [1.82, 2.24) is 15.1 Å². The number of nitrogens with zero attached hydrogens (tertiary/aromatic N) is 2. The molecule has 0 spiro atoms. The van der Waals surface area contributed by atoms with Crippen molar-refractivity contribution in [1.29, 1.82) is 0 Å². The maximum Gasteiger partial charge on any atom is 0.0695 e. The van der Waals surface area contributed by atoms with Gasteiger partial charge in [-0.2, -0.15) is 5.10 Å². The summed E-state index contributed by atoms with van der Waals surface area (Å²) in [6.07, 6.45) is 1.94. The van der Waals surface area contributed by atoms with Gasteiger partial charge in [0.1, 0.15) is 0 Å². The highest BCUT2D eigenvalue weighted by Crippen LogP contribution is 2.24. The highest BCUT2D eigenvalue weighted by Gasteiger charge is 2.11. The molecular formula is C20H23N3. The molecule has 3 heteroatoms. The molecule has 0 aliphatic rings. The van der Waals surface area contributed by atoms with Gasteiger partial charge in [0.05, 0.1) is 11.9 Å². The van der Waals surface area contributed by atoms with E-state index in [0.29, 0.717) is 0 Å². The smallest absolute Gasteiger partial charge is 0.0695 e. The summed E-state index contributed by atoms with van der Waals surface area (Å²) in [5.74, 6) is 0. The Hall–Kier alpha value is -2.39. The van der Waals surface area contributed by atoms with Crippen LogP contribution in [0, 0.1) is 13.8 Å². The summed E-state index contributed by atoms with van der Waals surface area (Å²) in [5.41, 5.74) is 7.50. The van der Waals surface area contributed by atoms with Crippen LogP contribution in [-0.2, 0) is 13.1 Å². The second-order valence-electron chi connectivity index (χ2n) is 6.23. The van der Waals surface area contributed by atoms with Crippen molar-refractivity contribution in [3.05, 3.63) is 77.0 Å². The van der Waals surface area contributed by atoms with Crippen LogP contribution >= 0.6 is 0 Å². The topological polar surface area (TPSA) is 31.9 Å². The van der Waals surface area contributed by atoms with E-state index in [1.807, 2.05) is 6.20 Å². The first kappa shape index (κ1) is 15.5. The molecule has 0 atom stereocenters. The average molecular weight is 305 g/mol. The molecule has 1 aromatic heterocycles. The Morgan fingerprint density at radius 1 is 0.957 bits per heavy atom. The van der Waals surface area contributed by atoms with Crippen LogP contribution in [0.15, 0.2) is 54.7 Å². The van der Waals surface area contributed by atoms with Gasteiger partial charge in [0.25, 0.3) is 0 Å². The summed E-state index contributed by atoms with van der Waals surface area (Å²) >= 11 is 0. The lowest BCUT2D eigenvalue weighted by Gasteiger charge is -2.17. The SMILES string of the molecule is Cc1ccc(-c2[nH]ncc2CN(C)Cc2ccccc2)cc1C. The first-order valence-corrected chi connectivity index (χ1v) is 7.96. The second kappa shape index (κ2) is 6.80. The molecule has 23 heavy (non-hydrogen) atoms. The zero-order valence-corrected chi connectivity index (χ0v) is 14.0. The molecule has 3 rings (SSSR count). The van der Waals surface area contributed by atoms with Gasteiger partial charge >= 0.3 is 0 Å². The van der Waals surface area contributed by atoms with Gasteiger partial charge in [-0.15, -0.1) is 0 Å². The van der Waals surface area contributed by atoms with E-state index in [9.17, 15) is 0 Å². The lowest BCUT2D eigenvalue weighted by Crippen LogP contribution is -2.17. The van der Waals surface area contributed by atoms with E-state index in [1.54, 1.807) is 0 Å². The van der Waals surface area contributed by atoms with Gasteiger partial charge < -0.3 is 0 Å². The molecule has 1 heterocycles. The van der Waals surface area contributed by atoms with Crippen LogP contribution in [0.3, 0.4) is 0 Å². The van der Waals surface area contributed by atoms with Gasteiger partial charge in [-0.1, -0.05) is 42.5 Å². The number of benzene rings is 2. The van der Waals surface area contributed by atoms with Crippen molar-refractivity contribution in [2.24, 2.45) is 0 Å². The minimum Gasteiger partial charge on any atom is -0.298 e. The molecule has 0 aliphatic carbocycles. The van der Waals surface area contributed by atoms with Gasteiger partial charge in [0.15, 0.2) is 0 Å². The maximum atomic E-state index is 4.26. The number of hydrogen-bond donors (Lipinski definition) is 1. The lowest BCUT2D eigenvalue weighted by molar-refractivity contribution is 0.319. The van der Waals surface area contributed by atoms with Gasteiger partial charge in [-0.25, -0.2) is 0 Å². The molecule has 0 bridgehead atoms. The second-order valence-corrected chi connectivity index (χ2v) is 6.23. The molecule has 1 N–H and O–H groups in total. The van der Waals surface area contributed by atoms with Crippen molar-refractivity contribution >= 4 is 0 Å². The summed E-state index contributed by atoms with van der Waals surface area (Å²) in [5, 5.41) is 7.42. The number of aromatic amines is 1. The number of nitrogens with one attached hydrogen (secondary N) is 1. The normalized spacial score (nSPS) is 11.1. The van der Waals surface area contributed by atoms with E-state index in [2.05, 4.69) is 84.5 Å². The molecule has 0 fully saturated rings. The van der Waals surface area contributed by atoms with Crippen molar-refractivity contribution in [2.45, 2.75) is 26.9 Å². The minimum atomic E-state index is 0.869. The molecule has 3 aromatic rings. The van der Waals surface area contributed by atoms with Crippen LogP contribution in [-0.4, -0.2) is 22.1 Å². The molecule has 0 unspecified atom stereocenters. The Balaban J connectivity index is 1.77. The Labute approximate surface area is 138 Å². The largest absolute Gasteiger partial charge is 0.298 e. The van der Waals surface area contributed by atoms with Crippen LogP contribution in [0.25, 0.3) is 11.3 Å². The first-order valence-electron chi connectivity index (χ1n) is 7.96. The van der Waals surface area contributed by atoms with Gasteiger partial charge in [-0.05, 0) is 43.7 Å².